The number of halogens is 3. The number of aromatic nitrogens is 2. The lowest BCUT2D eigenvalue weighted by molar-refractivity contribution is -0.133. The molecule has 2 aliphatic rings. The summed E-state index contributed by atoms with van der Waals surface area (Å²) in [6, 6.07) is 5.62. The summed E-state index contributed by atoms with van der Waals surface area (Å²) in [7, 11) is 0. The number of benzene rings is 1. The van der Waals surface area contributed by atoms with Gasteiger partial charge in [0.15, 0.2) is 5.82 Å². The number of hydrogen-bond acceptors (Lipinski definition) is 6. The lowest BCUT2D eigenvalue weighted by Crippen LogP contribution is -2.53. The molecule has 0 spiro atoms. The standard InChI is InChI=1S/C22H27Cl3N6O/c1-13-3-6-19(27-13)21(32)30-7-9-31(10-8-30)22-26-12-18(25)20(29-22)28-14(2)16-5-4-15(23)11-17(16)24/h4-5,11-14,19,27H,3,6-10H2,1-2H3,(H,26,28,29)/t13-,14-,19-/m1/s1. The van der Waals surface area contributed by atoms with Gasteiger partial charge in [-0.05, 0) is 44.4 Å². The lowest BCUT2D eigenvalue weighted by atomic mass is 10.1. The Kier molecular flexibility index (Phi) is 7.30. The number of anilines is 2. The predicted molar refractivity (Wildman–Crippen MR) is 130 cm³/mol. The molecule has 1 amide bonds. The molecule has 2 aromatic rings. The van der Waals surface area contributed by atoms with E-state index in [0.717, 1.165) is 18.4 Å². The fourth-order valence-corrected chi connectivity index (χ4v) is 4.93. The third-order valence-electron chi connectivity index (χ3n) is 6.06. The fraction of sp³-hybridized carbons (Fsp3) is 0.500. The molecule has 3 atom stereocenters. The highest BCUT2D eigenvalue weighted by Gasteiger charge is 2.32. The number of hydrogen-bond donors (Lipinski definition) is 2. The maximum absolute atomic E-state index is 12.8. The molecule has 2 fully saturated rings. The smallest absolute Gasteiger partial charge is 0.239 e. The minimum atomic E-state index is -0.129. The first-order valence-electron chi connectivity index (χ1n) is 10.9. The molecule has 0 aliphatic carbocycles. The molecule has 3 heterocycles. The molecule has 0 bridgehead atoms. The quantitative estimate of drug-likeness (QED) is 0.638. The average molecular weight is 498 g/mol. The Balaban J connectivity index is 1.40. The van der Waals surface area contributed by atoms with Crippen molar-refractivity contribution in [3.63, 3.8) is 0 Å². The van der Waals surface area contributed by atoms with Gasteiger partial charge >= 0.3 is 0 Å². The van der Waals surface area contributed by atoms with E-state index in [4.69, 9.17) is 34.8 Å². The molecular formula is C22H27Cl3N6O. The van der Waals surface area contributed by atoms with Gasteiger partial charge in [0.05, 0.1) is 18.3 Å². The van der Waals surface area contributed by atoms with Crippen molar-refractivity contribution in [3.05, 3.63) is 45.0 Å². The van der Waals surface area contributed by atoms with E-state index in [1.54, 1.807) is 18.3 Å². The van der Waals surface area contributed by atoms with E-state index in [1.807, 2.05) is 17.9 Å². The lowest BCUT2D eigenvalue weighted by Gasteiger charge is -2.36. The Bertz CT molecular complexity index is 982. The average Bonchev–Trinajstić information content (AvgIpc) is 3.21. The Morgan fingerprint density at radius 2 is 1.91 bits per heavy atom. The van der Waals surface area contributed by atoms with E-state index in [-0.39, 0.29) is 18.0 Å². The topological polar surface area (TPSA) is 73.4 Å². The number of nitrogens with one attached hydrogen (secondary N) is 2. The van der Waals surface area contributed by atoms with Gasteiger partial charge in [-0.3, -0.25) is 4.79 Å². The van der Waals surface area contributed by atoms with Crippen LogP contribution >= 0.6 is 34.8 Å². The molecular weight excluding hydrogens is 471 g/mol. The van der Waals surface area contributed by atoms with E-state index in [0.29, 0.717) is 59.1 Å². The molecule has 0 unspecified atom stereocenters. The van der Waals surface area contributed by atoms with Crippen LogP contribution in [0.1, 0.15) is 38.3 Å². The van der Waals surface area contributed by atoms with Crippen molar-refractivity contribution in [3.8, 4) is 0 Å². The first-order chi connectivity index (χ1) is 15.3. The van der Waals surface area contributed by atoms with Crippen LogP contribution in [0.4, 0.5) is 11.8 Å². The number of nitrogens with zero attached hydrogens (tertiary/aromatic N) is 4. The summed E-state index contributed by atoms with van der Waals surface area (Å²) < 4.78 is 0. The highest BCUT2D eigenvalue weighted by Crippen LogP contribution is 2.30. The van der Waals surface area contributed by atoms with Gasteiger partial charge in [0.1, 0.15) is 5.02 Å². The number of piperazine rings is 1. The maximum Gasteiger partial charge on any atom is 0.239 e. The van der Waals surface area contributed by atoms with Crippen molar-refractivity contribution >= 4 is 52.5 Å². The first kappa shape index (κ1) is 23.4. The van der Waals surface area contributed by atoms with E-state index in [1.165, 1.54) is 0 Å². The molecule has 0 saturated carbocycles. The number of rotatable bonds is 5. The Hall–Kier alpha value is -1.80. The number of carbonyl (C=O) groups is 1. The van der Waals surface area contributed by atoms with Gasteiger partial charge in [-0.2, -0.15) is 4.98 Å². The molecule has 1 aromatic heterocycles. The highest BCUT2D eigenvalue weighted by molar-refractivity contribution is 6.35. The third-order valence-corrected chi connectivity index (χ3v) is 6.90. The predicted octanol–water partition coefficient (Wildman–Crippen LogP) is 4.40. The fourth-order valence-electron chi connectivity index (χ4n) is 4.22. The van der Waals surface area contributed by atoms with Crippen LogP contribution in [0.2, 0.25) is 15.1 Å². The third kappa shape index (κ3) is 5.22. The van der Waals surface area contributed by atoms with Crippen molar-refractivity contribution in [2.75, 3.05) is 36.4 Å². The minimum Gasteiger partial charge on any atom is -0.362 e. The second-order valence-electron chi connectivity index (χ2n) is 8.41. The van der Waals surface area contributed by atoms with Gasteiger partial charge in [0.25, 0.3) is 0 Å². The Morgan fingerprint density at radius 3 is 2.56 bits per heavy atom. The van der Waals surface area contributed by atoms with Crippen molar-refractivity contribution in [1.29, 1.82) is 0 Å². The van der Waals surface area contributed by atoms with Crippen LogP contribution in [-0.4, -0.2) is 59.0 Å². The molecule has 0 radical (unpaired) electrons. The van der Waals surface area contributed by atoms with Gasteiger partial charge < -0.3 is 20.4 Å². The normalized spacial score (nSPS) is 22.2. The van der Waals surface area contributed by atoms with Gasteiger partial charge in [0, 0.05) is 42.3 Å². The summed E-state index contributed by atoms with van der Waals surface area (Å²) in [5.41, 5.74) is 0.897. The summed E-state index contributed by atoms with van der Waals surface area (Å²) in [5, 5.41) is 8.30. The highest BCUT2D eigenvalue weighted by atomic mass is 35.5. The molecule has 172 valence electrons. The molecule has 2 aliphatic heterocycles. The van der Waals surface area contributed by atoms with Crippen LogP contribution in [0.5, 0.6) is 0 Å². The molecule has 4 rings (SSSR count). The summed E-state index contributed by atoms with van der Waals surface area (Å²) in [4.78, 5) is 25.8. The van der Waals surface area contributed by atoms with Crippen molar-refractivity contribution < 1.29 is 4.79 Å². The maximum atomic E-state index is 12.8. The zero-order valence-electron chi connectivity index (χ0n) is 18.1. The second-order valence-corrected chi connectivity index (χ2v) is 9.66. The van der Waals surface area contributed by atoms with Gasteiger partial charge in [-0.1, -0.05) is 40.9 Å². The van der Waals surface area contributed by atoms with Crippen molar-refractivity contribution in [2.45, 2.75) is 44.8 Å². The first-order valence-corrected chi connectivity index (χ1v) is 12.0. The van der Waals surface area contributed by atoms with Crippen LogP contribution in [0.3, 0.4) is 0 Å². The largest absolute Gasteiger partial charge is 0.362 e. The number of carbonyl (C=O) groups excluding carboxylic acids is 1. The van der Waals surface area contributed by atoms with Crippen molar-refractivity contribution in [2.24, 2.45) is 0 Å². The van der Waals surface area contributed by atoms with Crippen LogP contribution in [0, 0.1) is 0 Å². The summed E-state index contributed by atoms with van der Waals surface area (Å²) in [6.45, 7) is 6.75. The Labute approximate surface area is 203 Å². The summed E-state index contributed by atoms with van der Waals surface area (Å²) in [5.74, 6) is 1.32. The molecule has 2 saturated heterocycles. The van der Waals surface area contributed by atoms with Crippen LogP contribution in [0.15, 0.2) is 24.4 Å². The van der Waals surface area contributed by atoms with E-state index in [2.05, 4.69) is 32.4 Å². The molecule has 10 heteroatoms. The monoisotopic (exact) mass is 496 g/mol. The van der Waals surface area contributed by atoms with Crippen molar-refractivity contribution in [1.82, 2.24) is 20.2 Å². The number of amides is 1. The zero-order chi connectivity index (χ0) is 22.8. The van der Waals surface area contributed by atoms with E-state index >= 15 is 0 Å². The molecule has 1 aromatic carbocycles. The van der Waals surface area contributed by atoms with E-state index in [9.17, 15) is 4.79 Å². The van der Waals surface area contributed by atoms with Gasteiger partial charge in [-0.25, -0.2) is 4.98 Å². The van der Waals surface area contributed by atoms with Crippen LogP contribution < -0.4 is 15.5 Å². The van der Waals surface area contributed by atoms with Gasteiger partial charge in [0.2, 0.25) is 11.9 Å². The van der Waals surface area contributed by atoms with E-state index < -0.39 is 0 Å². The molecule has 2 N–H and O–H groups in total. The van der Waals surface area contributed by atoms with Crippen LogP contribution in [-0.2, 0) is 4.79 Å². The second kappa shape index (κ2) is 10.00. The van der Waals surface area contributed by atoms with Gasteiger partial charge in [-0.15, -0.1) is 0 Å². The van der Waals surface area contributed by atoms with Crippen LogP contribution in [0.25, 0.3) is 0 Å². The molecule has 32 heavy (non-hydrogen) atoms. The molecule has 7 nitrogen and oxygen atoms in total. The minimum absolute atomic E-state index is 0.0553. The Morgan fingerprint density at radius 1 is 1.16 bits per heavy atom. The zero-order valence-corrected chi connectivity index (χ0v) is 20.4. The summed E-state index contributed by atoms with van der Waals surface area (Å²) in [6.07, 6.45) is 3.56. The SMILES string of the molecule is C[C@@H]1CC[C@H](C(=O)N2CCN(c3ncc(Cl)c(N[C@H](C)c4ccc(Cl)cc4Cl)n3)CC2)N1. The summed E-state index contributed by atoms with van der Waals surface area (Å²) >= 11 is 18.7.